The molecular weight excluding hydrogens is 458 g/mol. The van der Waals surface area contributed by atoms with Crippen LogP contribution in [0.1, 0.15) is 66.9 Å². The van der Waals surface area contributed by atoms with E-state index in [1.54, 1.807) is 26.8 Å². The van der Waals surface area contributed by atoms with Crippen LogP contribution >= 0.6 is 11.3 Å². The van der Waals surface area contributed by atoms with E-state index in [-0.39, 0.29) is 41.0 Å². The van der Waals surface area contributed by atoms with Crippen LogP contribution in [0.15, 0.2) is 34.7 Å². The number of esters is 2. The molecule has 180 valence electrons. The van der Waals surface area contributed by atoms with Crippen molar-refractivity contribution in [3.8, 4) is 5.75 Å². The van der Waals surface area contributed by atoms with E-state index in [2.05, 4.69) is 5.32 Å². The van der Waals surface area contributed by atoms with Crippen molar-refractivity contribution in [1.82, 2.24) is 0 Å². The topological polar surface area (TPSA) is 104 Å². The summed E-state index contributed by atoms with van der Waals surface area (Å²) in [5.74, 6) is -0.499. The summed E-state index contributed by atoms with van der Waals surface area (Å²) in [7, 11) is 0. The molecule has 3 aromatic rings. The lowest BCUT2D eigenvalue weighted by Crippen LogP contribution is -2.14. The van der Waals surface area contributed by atoms with Crippen molar-refractivity contribution in [2.24, 2.45) is 0 Å². The second kappa shape index (κ2) is 11.0. The summed E-state index contributed by atoms with van der Waals surface area (Å²) in [6, 6.07) is 9.04. The third-order valence-corrected chi connectivity index (χ3v) is 6.15. The second-order valence-electron chi connectivity index (χ2n) is 7.43. The number of rotatable bonds is 9. The van der Waals surface area contributed by atoms with E-state index in [4.69, 9.17) is 18.6 Å². The Morgan fingerprint density at radius 2 is 1.59 bits per heavy atom. The molecule has 1 N–H and O–H groups in total. The molecule has 1 amide bonds. The van der Waals surface area contributed by atoms with Crippen molar-refractivity contribution in [1.29, 1.82) is 0 Å². The highest BCUT2D eigenvalue weighted by molar-refractivity contribution is 7.18. The minimum atomic E-state index is -0.635. The van der Waals surface area contributed by atoms with Gasteiger partial charge in [-0.2, -0.15) is 0 Å². The number of benzene rings is 1. The normalized spacial score (nSPS) is 10.6. The number of carbonyl (C=O) groups excluding carboxylic acids is 3. The zero-order chi connectivity index (χ0) is 24.8. The summed E-state index contributed by atoms with van der Waals surface area (Å²) in [5.41, 5.74) is 2.51. The first-order valence-corrected chi connectivity index (χ1v) is 11.6. The van der Waals surface area contributed by atoms with E-state index in [0.717, 1.165) is 28.2 Å². The number of amides is 1. The molecule has 1 aromatic carbocycles. The first-order chi connectivity index (χ1) is 16.3. The Balaban J connectivity index is 1.79. The number of para-hydroxylation sites is 1. The highest BCUT2D eigenvalue weighted by Crippen LogP contribution is 2.35. The Kier molecular flexibility index (Phi) is 8.12. The summed E-state index contributed by atoms with van der Waals surface area (Å²) < 4.78 is 21.7. The van der Waals surface area contributed by atoms with Crippen molar-refractivity contribution in [2.45, 2.75) is 41.2 Å². The molecule has 0 fully saturated rings. The van der Waals surface area contributed by atoms with Gasteiger partial charge >= 0.3 is 11.9 Å². The average Bonchev–Trinajstić information content (AvgIpc) is 3.38. The minimum Gasteiger partial charge on any atom is -0.485 e. The number of hydrogen-bond acceptors (Lipinski definition) is 8. The zero-order valence-corrected chi connectivity index (χ0v) is 20.6. The minimum absolute atomic E-state index is 0.0404. The molecule has 0 saturated heterocycles. The number of ether oxygens (including phenoxy) is 3. The Hall–Kier alpha value is -3.59. The highest BCUT2D eigenvalue weighted by atomic mass is 32.1. The number of anilines is 1. The van der Waals surface area contributed by atoms with Crippen molar-refractivity contribution in [3.05, 3.63) is 69.0 Å². The first-order valence-electron chi connectivity index (χ1n) is 10.8. The van der Waals surface area contributed by atoms with Crippen LogP contribution in [0, 0.1) is 20.8 Å². The van der Waals surface area contributed by atoms with Crippen molar-refractivity contribution >= 4 is 34.2 Å². The van der Waals surface area contributed by atoms with Gasteiger partial charge in [0, 0.05) is 0 Å². The molecule has 0 radical (unpaired) electrons. The Morgan fingerprint density at radius 3 is 2.24 bits per heavy atom. The van der Waals surface area contributed by atoms with Crippen LogP contribution in [0.3, 0.4) is 0 Å². The van der Waals surface area contributed by atoms with E-state index in [9.17, 15) is 14.4 Å². The van der Waals surface area contributed by atoms with Gasteiger partial charge < -0.3 is 23.9 Å². The first kappa shape index (κ1) is 25.0. The van der Waals surface area contributed by atoms with Gasteiger partial charge in [0.05, 0.1) is 18.8 Å². The molecule has 0 aliphatic carbocycles. The lowest BCUT2D eigenvalue weighted by atomic mass is 10.1. The van der Waals surface area contributed by atoms with Gasteiger partial charge in [-0.3, -0.25) is 4.79 Å². The third kappa shape index (κ3) is 5.48. The molecular formula is C25H27NO7S. The number of hydrogen-bond donors (Lipinski definition) is 1. The van der Waals surface area contributed by atoms with Crippen LogP contribution in [0.4, 0.5) is 5.00 Å². The highest BCUT2D eigenvalue weighted by Gasteiger charge is 2.28. The summed E-state index contributed by atoms with van der Waals surface area (Å²) >= 11 is 0.955. The van der Waals surface area contributed by atoms with E-state index in [1.165, 1.54) is 6.07 Å². The number of carbonyl (C=O) groups is 3. The predicted octanol–water partition coefficient (Wildman–Crippen LogP) is 5.45. The number of aryl methyl sites for hydroxylation is 2. The summed E-state index contributed by atoms with van der Waals surface area (Å²) in [6.07, 6.45) is 0. The molecule has 2 heterocycles. The second-order valence-corrected chi connectivity index (χ2v) is 8.45. The molecule has 0 spiro atoms. The maximum atomic E-state index is 12.9. The third-order valence-electron chi connectivity index (χ3n) is 4.97. The van der Waals surface area contributed by atoms with Gasteiger partial charge in [-0.1, -0.05) is 18.2 Å². The Morgan fingerprint density at radius 1 is 0.941 bits per heavy atom. The molecule has 0 saturated carbocycles. The van der Waals surface area contributed by atoms with E-state index in [1.807, 2.05) is 32.0 Å². The van der Waals surface area contributed by atoms with Crippen molar-refractivity contribution < 1.29 is 33.0 Å². The van der Waals surface area contributed by atoms with Gasteiger partial charge in [0.15, 0.2) is 5.76 Å². The standard InChI is InChI=1S/C25H27NO7S/c1-6-30-24(28)19-16(5)21(25(29)31-7-2)34-23(19)26-22(27)18-12-11-17(33-18)13-32-20-14(3)9-8-10-15(20)4/h8-12H,6-7,13H2,1-5H3,(H,26,27). The van der Waals surface area contributed by atoms with Crippen molar-refractivity contribution in [2.75, 3.05) is 18.5 Å². The van der Waals surface area contributed by atoms with Crippen LogP contribution in [-0.2, 0) is 16.1 Å². The molecule has 0 unspecified atom stereocenters. The van der Waals surface area contributed by atoms with Crippen LogP contribution in [-0.4, -0.2) is 31.1 Å². The number of thiophene rings is 1. The fraction of sp³-hybridized carbons (Fsp3) is 0.320. The summed E-state index contributed by atoms with van der Waals surface area (Å²) in [5, 5.41) is 2.85. The molecule has 2 aromatic heterocycles. The fourth-order valence-electron chi connectivity index (χ4n) is 3.35. The maximum Gasteiger partial charge on any atom is 0.348 e. The molecule has 8 nitrogen and oxygen atoms in total. The average molecular weight is 486 g/mol. The predicted molar refractivity (Wildman–Crippen MR) is 128 cm³/mol. The zero-order valence-electron chi connectivity index (χ0n) is 19.8. The molecule has 0 bridgehead atoms. The fourth-order valence-corrected chi connectivity index (χ4v) is 4.44. The summed E-state index contributed by atoms with van der Waals surface area (Å²) in [6.45, 7) is 9.38. The largest absolute Gasteiger partial charge is 0.485 e. The lowest BCUT2D eigenvalue weighted by Gasteiger charge is -2.10. The van der Waals surface area contributed by atoms with Gasteiger partial charge in [0.2, 0.25) is 0 Å². The van der Waals surface area contributed by atoms with Crippen molar-refractivity contribution in [3.63, 3.8) is 0 Å². The Labute approximate surface area is 201 Å². The monoisotopic (exact) mass is 485 g/mol. The maximum absolute atomic E-state index is 12.9. The van der Waals surface area contributed by atoms with Gasteiger partial charge in [-0.05, 0) is 63.4 Å². The lowest BCUT2D eigenvalue weighted by molar-refractivity contribution is 0.0527. The molecule has 0 atom stereocenters. The van der Waals surface area contributed by atoms with E-state index in [0.29, 0.717) is 11.3 Å². The molecule has 0 aliphatic rings. The molecule has 34 heavy (non-hydrogen) atoms. The smallest absolute Gasteiger partial charge is 0.348 e. The quantitative estimate of drug-likeness (QED) is 0.402. The van der Waals surface area contributed by atoms with Crippen LogP contribution in [0.2, 0.25) is 0 Å². The number of furan rings is 1. The van der Waals surface area contributed by atoms with Crippen LogP contribution in [0.25, 0.3) is 0 Å². The SMILES string of the molecule is CCOC(=O)c1sc(NC(=O)c2ccc(COc3c(C)cccc3C)o2)c(C(=O)OCC)c1C. The molecule has 9 heteroatoms. The van der Waals surface area contributed by atoms with E-state index >= 15 is 0 Å². The van der Waals surface area contributed by atoms with Crippen LogP contribution in [0.5, 0.6) is 5.75 Å². The molecule has 3 rings (SSSR count). The molecule has 0 aliphatic heterocycles. The Bertz CT molecular complexity index is 1190. The van der Waals surface area contributed by atoms with Crippen LogP contribution < -0.4 is 10.1 Å². The van der Waals surface area contributed by atoms with Gasteiger partial charge in [-0.15, -0.1) is 11.3 Å². The van der Waals surface area contributed by atoms with E-state index < -0.39 is 17.8 Å². The van der Waals surface area contributed by atoms with Gasteiger partial charge in [-0.25, -0.2) is 9.59 Å². The summed E-state index contributed by atoms with van der Waals surface area (Å²) in [4.78, 5) is 37.9. The van der Waals surface area contributed by atoms with Gasteiger partial charge in [0.25, 0.3) is 5.91 Å². The van der Waals surface area contributed by atoms with Gasteiger partial charge in [0.1, 0.15) is 28.0 Å². The number of nitrogens with one attached hydrogen (secondary N) is 1.